The molecule has 0 fully saturated rings. The fourth-order valence-corrected chi connectivity index (χ4v) is 1.74. The number of nitrogens with two attached hydrogens (primary N) is 1. The Morgan fingerprint density at radius 3 is 2.69 bits per heavy atom. The van der Waals surface area contributed by atoms with Crippen LogP contribution in [0.15, 0.2) is 17.0 Å². The Balaban J connectivity index is 3.23. The van der Waals surface area contributed by atoms with E-state index in [0.29, 0.717) is 5.56 Å². The minimum atomic E-state index is -0.350. The standard InChI is InChI=1S/C9H12FNOS/c1-12-7-3-4-8(13-2)6(5-11)9(7)10/h3-4H,5,11H2,1-2H3. The Kier molecular flexibility index (Phi) is 3.57. The molecule has 0 aliphatic carbocycles. The molecule has 0 amide bonds. The topological polar surface area (TPSA) is 35.2 Å². The van der Waals surface area contributed by atoms with E-state index in [2.05, 4.69) is 0 Å². The summed E-state index contributed by atoms with van der Waals surface area (Å²) in [5.74, 6) is -0.102. The summed E-state index contributed by atoms with van der Waals surface area (Å²) in [5, 5.41) is 0. The van der Waals surface area contributed by atoms with E-state index >= 15 is 0 Å². The van der Waals surface area contributed by atoms with E-state index < -0.39 is 0 Å². The zero-order valence-electron chi connectivity index (χ0n) is 7.63. The molecule has 0 spiro atoms. The van der Waals surface area contributed by atoms with Gasteiger partial charge in [0, 0.05) is 17.0 Å². The minimum Gasteiger partial charge on any atom is -0.494 e. The van der Waals surface area contributed by atoms with Crippen LogP contribution < -0.4 is 10.5 Å². The zero-order chi connectivity index (χ0) is 9.84. The number of rotatable bonds is 3. The van der Waals surface area contributed by atoms with Gasteiger partial charge >= 0.3 is 0 Å². The van der Waals surface area contributed by atoms with Crippen molar-refractivity contribution in [1.82, 2.24) is 0 Å². The van der Waals surface area contributed by atoms with Crippen molar-refractivity contribution >= 4 is 11.8 Å². The van der Waals surface area contributed by atoms with Crippen molar-refractivity contribution < 1.29 is 9.13 Å². The van der Waals surface area contributed by atoms with Crippen molar-refractivity contribution in [2.24, 2.45) is 5.73 Å². The van der Waals surface area contributed by atoms with Gasteiger partial charge in [-0.15, -0.1) is 11.8 Å². The van der Waals surface area contributed by atoms with Crippen LogP contribution in [0.25, 0.3) is 0 Å². The molecule has 0 radical (unpaired) electrons. The fourth-order valence-electron chi connectivity index (χ4n) is 1.12. The third-order valence-corrected chi connectivity index (χ3v) is 2.63. The van der Waals surface area contributed by atoms with Gasteiger partial charge in [-0.25, -0.2) is 4.39 Å². The fraction of sp³-hybridized carbons (Fsp3) is 0.333. The van der Waals surface area contributed by atoms with Gasteiger partial charge in [-0.3, -0.25) is 0 Å². The summed E-state index contributed by atoms with van der Waals surface area (Å²) in [6, 6.07) is 3.43. The van der Waals surface area contributed by atoms with E-state index in [1.54, 1.807) is 6.07 Å². The van der Waals surface area contributed by atoms with E-state index in [1.807, 2.05) is 12.3 Å². The number of ether oxygens (including phenoxy) is 1. The first-order chi connectivity index (χ1) is 6.24. The molecule has 0 aliphatic heterocycles. The molecular weight excluding hydrogens is 189 g/mol. The monoisotopic (exact) mass is 201 g/mol. The molecule has 2 nitrogen and oxygen atoms in total. The first-order valence-corrected chi connectivity index (χ1v) is 5.06. The molecule has 4 heteroatoms. The summed E-state index contributed by atoms with van der Waals surface area (Å²) in [5.41, 5.74) is 5.96. The lowest BCUT2D eigenvalue weighted by Gasteiger charge is -2.09. The number of benzene rings is 1. The van der Waals surface area contributed by atoms with Crippen molar-refractivity contribution in [2.75, 3.05) is 13.4 Å². The molecule has 1 aromatic carbocycles. The largest absolute Gasteiger partial charge is 0.494 e. The maximum Gasteiger partial charge on any atom is 0.170 e. The van der Waals surface area contributed by atoms with Gasteiger partial charge in [0.25, 0.3) is 0 Å². The number of methoxy groups -OCH3 is 1. The number of hydrogen-bond donors (Lipinski definition) is 1. The van der Waals surface area contributed by atoms with Crippen LogP contribution >= 0.6 is 11.8 Å². The molecule has 0 bridgehead atoms. The first-order valence-electron chi connectivity index (χ1n) is 3.84. The average Bonchev–Trinajstić information content (AvgIpc) is 2.17. The summed E-state index contributed by atoms with van der Waals surface area (Å²) < 4.78 is 18.3. The van der Waals surface area contributed by atoms with Crippen LogP contribution in [0.4, 0.5) is 4.39 Å². The Morgan fingerprint density at radius 1 is 1.54 bits per heavy atom. The second-order valence-corrected chi connectivity index (χ2v) is 3.31. The predicted octanol–water partition coefficient (Wildman–Crippen LogP) is 2.01. The molecule has 1 rings (SSSR count). The highest BCUT2D eigenvalue weighted by atomic mass is 32.2. The highest BCUT2D eigenvalue weighted by Crippen LogP contribution is 2.28. The Morgan fingerprint density at radius 2 is 2.23 bits per heavy atom. The quantitative estimate of drug-likeness (QED) is 0.760. The zero-order valence-corrected chi connectivity index (χ0v) is 8.45. The van der Waals surface area contributed by atoms with E-state index in [1.165, 1.54) is 18.9 Å². The summed E-state index contributed by atoms with van der Waals surface area (Å²) in [7, 11) is 1.44. The van der Waals surface area contributed by atoms with Gasteiger partial charge in [-0.05, 0) is 18.4 Å². The highest BCUT2D eigenvalue weighted by Gasteiger charge is 2.11. The van der Waals surface area contributed by atoms with E-state index in [9.17, 15) is 4.39 Å². The van der Waals surface area contributed by atoms with Crippen molar-refractivity contribution in [3.05, 3.63) is 23.5 Å². The molecule has 2 N–H and O–H groups in total. The van der Waals surface area contributed by atoms with Gasteiger partial charge in [0.2, 0.25) is 0 Å². The smallest absolute Gasteiger partial charge is 0.170 e. The van der Waals surface area contributed by atoms with Crippen LogP contribution in [0.2, 0.25) is 0 Å². The SMILES string of the molecule is COc1ccc(SC)c(CN)c1F. The number of halogens is 1. The van der Waals surface area contributed by atoms with Crippen molar-refractivity contribution in [2.45, 2.75) is 11.4 Å². The molecule has 72 valence electrons. The summed E-state index contributed by atoms with van der Waals surface area (Å²) in [6.45, 7) is 0.194. The van der Waals surface area contributed by atoms with Crippen LogP contribution in [0, 0.1) is 5.82 Å². The molecule has 0 aliphatic rings. The first kappa shape index (κ1) is 10.3. The molecule has 0 saturated heterocycles. The van der Waals surface area contributed by atoms with Gasteiger partial charge in [-0.1, -0.05) is 0 Å². The lowest BCUT2D eigenvalue weighted by molar-refractivity contribution is 0.383. The van der Waals surface area contributed by atoms with E-state index in [0.717, 1.165) is 4.90 Å². The summed E-state index contributed by atoms with van der Waals surface area (Å²) in [4.78, 5) is 0.862. The third kappa shape index (κ3) is 1.95. The Labute approximate surface area is 81.3 Å². The van der Waals surface area contributed by atoms with Gasteiger partial charge in [0.15, 0.2) is 11.6 Å². The van der Waals surface area contributed by atoms with Crippen molar-refractivity contribution in [3.63, 3.8) is 0 Å². The van der Waals surface area contributed by atoms with Crippen molar-refractivity contribution in [3.8, 4) is 5.75 Å². The van der Waals surface area contributed by atoms with Crippen LogP contribution in [-0.2, 0) is 6.54 Å². The van der Waals surface area contributed by atoms with E-state index in [-0.39, 0.29) is 18.1 Å². The van der Waals surface area contributed by atoms with Gasteiger partial charge < -0.3 is 10.5 Å². The second-order valence-electron chi connectivity index (χ2n) is 2.47. The van der Waals surface area contributed by atoms with Gasteiger partial charge in [0.05, 0.1) is 7.11 Å². The Bertz CT molecular complexity index is 304. The second kappa shape index (κ2) is 4.48. The molecule has 13 heavy (non-hydrogen) atoms. The molecule has 0 heterocycles. The van der Waals surface area contributed by atoms with Crippen LogP contribution in [0.3, 0.4) is 0 Å². The van der Waals surface area contributed by atoms with Crippen LogP contribution in [0.1, 0.15) is 5.56 Å². The predicted molar refractivity (Wildman–Crippen MR) is 52.6 cm³/mol. The number of hydrogen-bond acceptors (Lipinski definition) is 3. The number of thioether (sulfide) groups is 1. The van der Waals surface area contributed by atoms with E-state index in [4.69, 9.17) is 10.5 Å². The molecule has 0 atom stereocenters. The lowest BCUT2D eigenvalue weighted by atomic mass is 10.2. The van der Waals surface area contributed by atoms with Crippen LogP contribution in [0.5, 0.6) is 5.75 Å². The third-order valence-electron chi connectivity index (χ3n) is 1.81. The van der Waals surface area contributed by atoms with Gasteiger partial charge in [0.1, 0.15) is 0 Å². The maximum absolute atomic E-state index is 13.5. The molecular formula is C9H12FNOS. The molecule has 0 unspecified atom stereocenters. The molecule has 0 aromatic heterocycles. The highest BCUT2D eigenvalue weighted by molar-refractivity contribution is 7.98. The van der Waals surface area contributed by atoms with Gasteiger partial charge in [-0.2, -0.15) is 0 Å². The van der Waals surface area contributed by atoms with Crippen molar-refractivity contribution in [1.29, 1.82) is 0 Å². The van der Waals surface area contributed by atoms with Crippen LogP contribution in [-0.4, -0.2) is 13.4 Å². The summed E-state index contributed by atoms with van der Waals surface area (Å²) in [6.07, 6.45) is 1.89. The average molecular weight is 201 g/mol. The Hall–Kier alpha value is -0.740. The maximum atomic E-state index is 13.5. The minimum absolute atomic E-state index is 0.194. The molecule has 1 aromatic rings. The lowest BCUT2D eigenvalue weighted by Crippen LogP contribution is -2.03. The summed E-state index contributed by atoms with van der Waals surface area (Å²) >= 11 is 1.48. The molecule has 0 saturated carbocycles. The normalized spacial score (nSPS) is 10.2.